The van der Waals surface area contributed by atoms with E-state index in [9.17, 15) is 39.2 Å². The largest absolute Gasteiger partial charge is 0.461 e. The first-order valence-electron chi connectivity index (χ1n) is 2.54. The van der Waals surface area contributed by atoms with Crippen LogP contribution in [-0.2, 0) is 37.4 Å². The predicted molar refractivity (Wildman–Crippen MR) is 27.5 cm³/mol. The molecule has 0 amide bonds. The topological polar surface area (TPSA) is 54.4 Å². The normalized spacial score (nSPS) is 14.7. The van der Waals surface area contributed by atoms with Gasteiger partial charge in [0.2, 0.25) is 0 Å². The zero-order valence-corrected chi connectivity index (χ0v) is 11.4. The van der Waals surface area contributed by atoms with Gasteiger partial charge in [-0.1, -0.05) is 0 Å². The standard InChI is InChI=1S/C3HF7O3S.Cd/c4-1(5,2(6,7)8)3(9,10)14(11,12)13;/h(H,11,12,13);. The van der Waals surface area contributed by atoms with Gasteiger partial charge in [-0.05, 0) is 0 Å². The van der Waals surface area contributed by atoms with Crippen LogP contribution >= 0.6 is 0 Å². The molecule has 0 bridgehead atoms. The van der Waals surface area contributed by atoms with Crippen molar-refractivity contribution in [2.75, 3.05) is 0 Å². The van der Waals surface area contributed by atoms with Crippen molar-refractivity contribution in [3.05, 3.63) is 0 Å². The molecule has 0 aliphatic carbocycles. The van der Waals surface area contributed by atoms with Gasteiger partial charge in [-0.2, -0.15) is 39.2 Å². The summed E-state index contributed by atoms with van der Waals surface area (Å²) in [4.78, 5) is 0. The van der Waals surface area contributed by atoms with Gasteiger partial charge in [-0.25, -0.2) is 0 Å². The smallest absolute Gasteiger partial charge is 0.281 e. The minimum Gasteiger partial charge on any atom is -0.281 e. The van der Waals surface area contributed by atoms with E-state index in [-0.39, 0.29) is 27.3 Å². The SMILES string of the molecule is O=S(=O)(O)C(F)(F)C(F)(F)C(F)(F)F.[Cd]. The van der Waals surface area contributed by atoms with Crippen LogP contribution in [0.2, 0.25) is 0 Å². The molecule has 0 aromatic heterocycles. The average Bonchev–Trinajstić information content (AvgIpc) is 1.81. The molecule has 0 unspecified atom stereocenters. The molecule has 0 rings (SSSR count). The van der Waals surface area contributed by atoms with Gasteiger partial charge in [0, 0.05) is 27.3 Å². The number of rotatable bonds is 2. The summed E-state index contributed by atoms with van der Waals surface area (Å²) in [5, 5.41) is -6.61. The summed E-state index contributed by atoms with van der Waals surface area (Å²) in [5.41, 5.74) is 0. The van der Waals surface area contributed by atoms with Gasteiger partial charge in [0.1, 0.15) is 0 Å². The van der Waals surface area contributed by atoms with Crippen molar-refractivity contribution in [1.29, 1.82) is 0 Å². The molecule has 0 atom stereocenters. The monoisotopic (exact) mass is 364 g/mol. The Bertz CT molecular complexity index is 319. The quantitative estimate of drug-likeness (QED) is 0.462. The van der Waals surface area contributed by atoms with Gasteiger partial charge in [-0.3, -0.25) is 4.55 Å². The van der Waals surface area contributed by atoms with E-state index in [0.717, 1.165) is 0 Å². The molecular weight excluding hydrogens is 361 g/mol. The van der Waals surface area contributed by atoms with Crippen molar-refractivity contribution >= 4 is 10.1 Å². The van der Waals surface area contributed by atoms with Crippen molar-refractivity contribution in [3.8, 4) is 0 Å². The Morgan fingerprint density at radius 1 is 0.867 bits per heavy atom. The summed E-state index contributed by atoms with van der Waals surface area (Å²) in [5.74, 6) is -6.85. The Morgan fingerprint density at radius 3 is 1.20 bits per heavy atom. The molecule has 0 saturated heterocycles. The van der Waals surface area contributed by atoms with Crippen LogP contribution in [0.5, 0.6) is 0 Å². The van der Waals surface area contributed by atoms with Gasteiger partial charge in [-0.15, -0.1) is 0 Å². The van der Waals surface area contributed by atoms with E-state index in [1.165, 1.54) is 0 Å². The molecule has 88 valence electrons. The van der Waals surface area contributed by atoms with Crippen molar-refractivity contribution in [1.82, 2.24) is 0 Å². The molecule has 15 heavy (non-hydrogen) atoms. The fraction of sp³-hybridized carbons (Fsp3) is 1.00. The van der Waals surface area contributed by atoms with Crippen molar-refractivity contribution in [2.24, 2.45) is 0 Å². The van der Waals surface area contributed by atoms with Gasteiger partial charge in [0.05, 0.1) is 0 Å². The van der Waals surface area contributed by atoms with Crippen molar-refractivity contribution < 1.29 is 71.0 Å². The van der Waals surface area contributed by atoms with Gasteiger partial charge < -0.3 is 0 Å². The minimum absolute atomic E-state index is 0. The molecule has 0 fully saturated rings. The Balaban J connectivity index is 0. The minimum atomic E-state index is -6.85. The van der Waals surface area contributed by atoms with E-state index in [1.807, 2.05) is 0 Å². The summed E-state index contributed by atoms with van der Waals surface area (Å²) in [6.45, 7) is 0. The second-order valence-corrected chi connectivity index (χ2v) is 3.53. The number of halogens is 7. The summed E-state index contributed by atoms with van der Waals surface area (Å²) < 4.78 is 108. The van der Waals surface area contributed by atoms with E-state index >= 15 is 0 Å². The first-order chi connectivity index (χ1) is 5.75. The molecule has 0 aliphatic heterocycles. The van der Waals surface area contributed by atoms with Crippen LogP contribution in [0.1, 0.15) is 0 Å². The Morgan fingerprint density at radius 2 is 1.13 bits per heavy atom. The van der Waals surface area contributed by atoms with Crippen LogP contribution < -0.4 is 0 Å². The number of hydrogen-bond donors (Lipinski definition) is 1. The fourth-order valence-corrected chi connectivity index (χ4v) is 0.767. The summed E-state index contributed by atoms with van der Waals surface area (Å²) in [7, 11) is -6.85. The second-order valence-electron chi connectivity index (χ2n) is 2.06. The first kappa shape index (κ1) is 17.7. The van der Waals surface area contributed by atoms with Gasteiger partial charge >= 0.3 is 27.5 Å². The molecule has 0 aliphatic rings. The first-order valence-corrected chi connectivity index (χ1v) is 3.98. The van der Waals surface area contributed by atoms with Crippen LogP contribution in [0.15, 0.2) is 0 Å². The molecule has 0 radical (unpaired) electrons. The summed E-state index contributed by atoms with van der Waals surface area (Å²) in [6, 6.07) is 0. The zero-order chi connectivity index (χ0) is 12.0. The maximum atomic E-state index is 11.9. The molecule has 0 aromatic rings. The zero-order valence-electron chi connectivity index (χ0n) is 6.52. The van der Waals surface area contributed by atoms with Crippen LogP contribution in [0.3, 0.4) is 0 Å². The molecule has 1 N–H and O–H groups in total. The molecular formula is C3HCdF7O3S. The molecule has 0 aromatic carbocycles. The third-order valence-electron chi connectivity index (χ3n) is 1.05. The molecule has 0 spiro atoms. The van der Waals surface area contributed by atoms with E-state index in [2.05, 4.69) is 0 Å². The Labute approximate surface area is 98.5 Å². The Kier molecular flexibility index (Phi) is 5.09. The molecule has 0 saturated carbocycles. The van der Waals surface area contributed by atoms with E-state index in [1.54, 1.807) is 0 Å². The van der Waals surface area contributed by atoms with Gasteiger partial charge in [0.25, 0.3) is 0 Å². The van der Waals surface area contributed by atoms with E-state index in [0.29, 0.717) is 0 Å². The molecule has 3 nitrogen and oxygen atoms in total. The number of alkyl halides is 7. The maximum Gasteiger partial charge on any atom is 0.461 e. The molecule has 12 heteroatoms. The second kappa shape index (κ2) is 4.31. The van der Waals surface area contributed by atoms with Crippen LogP contribution in [0, 0.1) is 0 Å². The summed E-state index contributed by atoms with van der Waals surface area (Å²) in [6.07, 6.45) is -6.79. The fourth-order valence-electron chi connectivity index (χ4n) is 0.327. The third kappa shape index (κ3) is 2.92. The Hall–Kier alpha value is 0.342. The molecule has 0 heterocycles. The average molecular weight is 363 g/mol. The van der Waals surface area contributed by atoms with Crippen LogP contribution in [0.4, 0.5) is 30.7 Å². The maximum absolute atomic E-state index is 11.9. The predicted octanol–water partition coefficient (Wildman–Crippen LogP) is 1.66. The summed E-state index contributed by atoms with van der Waals surface area (Å²) >= 11 is 0. The van der Waals surface area contributed by atoms with Crippen LogP contribution in [0.25, 0.3) is 0 Å². The van der Waals surface area contributed by atoms with Crippen molar-refractivity contribution in [2.45, 2.75) is 17.4 Å². The third-order valence-corrected chi connectivity index (χ3v) is 1.95. The number of hydrogen-bond acceptors (Lipinski definition) is 2. The van der Waals surface area contributed by atoms with Gasteiger partial charge in [0.15, 0.2) is 0 Å². The van der Waals surface area contributed by atoms with E-state index < -0.39 is 27.5 Å². The van der Waals surface area contributed by atoms with Crippen molar-refractivity contribution in [3.63, 3.8) is 0 Å². The van der Waals surface area contributed by atoms with Crippen LogP contribution in [-0.4, -0.2) is 30.3 Å². The van der Waals surface area contributed by atoms with E-state index in [4.69, 9.17) is 4.55 Å².